The lowest BCUT2D eigenvalue weighted by Crippen LogP contribution is -2.33. The molecule has 1 aromatic rings. The van der Waals surface area contributed by atoms with E-state index in [1.165, 1.54) is 5.75 Å². The molecule has 1 aliphatic heterocycles. The zero-order chi connectivity index (χ0) is 12.1. The highest BCUT2D eigenvalue weighted by molar-refractivity contribution is 7.99. The lowest BCUT2D eigenvalue weighted by Gasteiger charge is -2.29. The van der Waals surface area contributed by atoms with Crippen LogP contribution in [0.25, 0.3) is 0 Å². The Kier molecular flexibility index (Phi) is 4.82. The quantitative estimate of drug-likeness (QED) is 0.791. The van der Waals surface area contributed by atoms with Gasteiger partial charge in [0.25, 0.3) is 0 Å². The minimum atomic E-state index is 0.315. The van der Waals surface area contributed by atoms with Gasteiger partial charge in [-0.25, -0.2) is 0 Å². The van der Waals surface area contributed by atoms with Crippen LogP contribution in [-0.4, -0.2) is 53.7 Å². The smallest absolute Gasteiger partial charge is 0.226 e. The van der Waals surface area contributed by atoms with Gasteiger partial charge in [0.05, 0.1) is 6.04 Å². The van der Waals surface area contributed by atoms with Crippen molar-refractivity contribution in [3.8, 4) is 0 Å². The van der Waals surface area contributed by atoms with E-state index in [-0.39, 0.29) is 0 Å². The van der Waals surface area contributed by atoms with Crippen LogP contribution in [0.3, 0.4) is 0 Å². The van der Waals surface area contributed by atoms with Gasteiger partial charge in [0, 0.05) is 24.5 Å². The predicted octanol–water partition coefficient (Wildman–Crippen LogP) is 0.941. The Morgan fingerprint density at radius 3 is 3.24 bits per heavy atom. The first kappa shape index (κ1) is 12.9. The van der Waals surface area contributed by atoms with Gasteiger partial charge in [-0.15, -0.1) is 0 Å². The maximum Gasteiger partial charge on any atom is 0.226 e. The molecule has 0 bridgehead atoms. The van der Waals surface area contributed by atoms with Gasteiger partial charge in [-0.1, -0.05) is 5.16 Å². The van der Waals surface area contributed by atoms with Gasteiger partial charge in [0.1, 0.15) is 0 Å². The molecule has 1 atom stereocenters. The van der Waals surface area contributed by atoms with Gasteiger partial charge in [0.15, 0.2) is 5.82 Å². The maximum atomic E-state index is 5.29. The van der Waals surface area contributed by atoms with Crippen molar-refractivity contribution in [3.05, 3.63) is 11.7 Å². The molecule has 6 heteroatoms. The van der Waals surface area contributed by atoms with E-state index in [1.807, 2.05) is 18.8 Å². The first-order valence-electron chi connectivity index (χ1n) is 6.06. The molecular weight excluding hydrogens is 236 g/mol. The maximum absolute atomic E-state index is 5.29. The Labute approximate surface area is 106 Å². The molecule has 0 aromatic carbocycles. The Bertz CT molecular complexity index is 344. The van der Waals surface area contributed by atoms with Crippen molar-refractivity contribution in [2.24, 2.45) is 0 Å². The minimum absolute atomic E-state index is 0.315. The number of rotatable bonds is 5. The van der Waals surface area contributed by atoms with Crippen molar-refractivity contribution in [3.63, 3.8) is 0 Å². The molecule has 17 heavy (non-hydrogen) atoms. The van der Waals surface area contributed by atoms with Crippen molar-refractivity contribution in [2.45, 2.75) is 18.9 Å². The molecule has 1 unspecified atom stereocenters. The fourth-order valence-corrected chi connectivity index (χ4v) is 3.09. The molecular formula is C11H20N4OS. The van der Waals surface area contributed by atoms with Crippen LogP contribution in [0, 0.1) is 0 Å². The third-order valence-electron chi connectivity index (χ3n) is 3.00. The molecule has 0 saturated carbocycles. The van der Waals surface area contributed by atoms with E-state index >= 15 is 0 Å². The SMILES string of the molecule is CNCCCc1nc(C2CSCCN2C)no1. The number of nitrogens with one attached hydrogen (secondary N) is 1. The van der Waals surface area contributed by atoms with E-state index in [4.69, 9.17) is 4.52 Å². The van der Waals surface area contributed by atoms with Crippen LogP contribution in [-0.2, 0) is 6.42 Å². The van der Waals surface area contributed by atoms with Crippen LogP contribution in [0.1, 0.15) is 24.2 Å². The number of hydrogen-bond donors (Lipinski definition) is 1. The van der Waals surface area contributed by atoms with Crippen LogP contribution < -0.4 is 5.32 Å². The molecule has 2 heterocycles. The molecule has 1 fully saturated rings. The summed E-state index contributed by atoms with van der Waals surface area (Å²) in [7, 11) is 4.08. The summed E-state index contributed by atoms with van der Waals surface area (Å²) in [6.07, 6.45) is 1.89. The largest absolute Gasteiger partial charge is 0.339 e. The Hall–Kier alpha value is -0.590. The molecule has 1 aliphatic rings. The predicted molar refractivity (Wildman–Crippen MR) is 69.2 cm³/mol. The molecule has 2 rings (SSSR count). The first-order valence-corrected chi connectivity index (χ1v) is 7.22. The topological polar surface area (TPSA) is 54.2 Å². The summed E-state index contributed by atoms with van der Waals surface area (Å²) in [6.45, 7) is 2.08. The van der Waals surface area contributed by atoms with Crippen molar-refractivity contribution in [2.75, 3.05) is 38.7 Å². The average molecular weight is 256 g/mol. The van der Waals surface area contributed by atoms with Crippen LogP contribution in [0.2, 0.25) is 0 Å². The molecule has 1 saturated heterocycles. The van der Waals surface area contributed by atoms with Crippen molar-refractivity contribution in [1.82, 2.24) is 20.4 Å². The van der Waals surface area contributed by atoms with E-state index in [2.05, 4.69) is 27.4 Å². The summed E-state index contributed by atoms with van der Waals surface area (Å²) in [4.78, 5) is 6.80. The van der Waals surface area contributed by atoms with Gasteiger partial charge in [0.2, 0.25) is 5.89 Å². The molecule has 0 amide bonds. The van der Waals surface area contributed by atoms with Crippen LogP contribution in [0.15, 0.2) is 4.52 Å². The number of aromatic nitrogens is 2. The molecule has 96 valence electrons. The van der Waals surface area contributed by atoms with Gasteiger partial charge in [-0.05, 0) is 27.1 Å². The highest BCUT2D eigenvalue weighted by atomic mass is 32.2. The van der Waals surface area contributed by atoms with Crippen molar-refractivity contribution in [1.29, 1.82) is 0 Å². The van der Waals surface area contributed by atoms with E-state index in [0.717, 1.165) is 43.4 Å². The van der Waals surface area contributed by atoms with Crippen LogP contribution >= 0.6 is 11.8 Å². The summed E-state index contributed by atoms with van der Waals surface area (Å²) < 4.78 is 5.29. The Morgan fingerprint density at radius 1 is 1.59 bits per heavy atom. The Balaban J connectivity index is 1.92. The van der Waals surface area contributed by atoms with E-state index in [0.29, 0.717) is 6.04 Å². The highest BCUT2D eigenvalue weighted by Crippen LogP contribution is 2.26. The van der Waals surface area contributed by atoms with Gasteiger partial charge >= 0.3 is 0 Å². The van der Waals surface area contributed by atoms with Gasteiger partial charge in [-0.2, -0.15) is 16.7 Å². The zero-order valence-corrected chi connectivity index (χ0v) is 11.3. The second-order valence-electron chi connectivity index (χ2n) is 4.32. The minimum Gasteiger partial charge on any atom is -0.339 e. The standard InChI is InChI=1S/C11H20N4OS/c1-12-5-3-4-10-13-11(14-16-10)9-8-17-7-6-15(9)2/h9,12H,3-8H2,1-2H3. The fraction of sp³-hybridized carbons (Fsp3) is 0.818. The lowest BCUT2D eigenvalue weighted by molar-refractivity contribution is 0.256. The summed E-state index contributed by atoms with van der Waals surface area (Å²) >= 11 is 1.96. The first-order chi connectivity index (χ1) is 8.31. The summed E-state index contributed by atoms with van der Waals surface area (Å²) in [5, 5.41) is 7.22. The van der Waals surface area contributed by atoms with Crippen molar-refractivity contribution >= 4 is 11.8 Å². The highest BCUT2D eigenvalue weighted by Gasteiger charge is 2.25. The van der Waals surface area contributed by atoms with Crippen molar-refractivity contribution < 1.29 is 4.52 Å². The molecule has 0 spiro atoms. The monoisotopic (exact) mass is 256 g/mol. The molecule has 1 N–H and O–H groups in total. The second-order valence-corrected chi connectivity index (χ2v) is 5.47. The van der Waals surface area contributed by atoms with Gasteiger partial charge in [-0.3, -0.25) is 4.90 Å². The molecule has 1 aromatic heterocycles. The molecule has 5 nitrogen and oxygen atoms in total. The van der Waals surface area contributed by atoms with Crippen LogP contribution in [0.4, 0.5) is 0 Å². The summed E-state index contributed by atoms with van der Waals surface area (Å²) in [6, 6.07) is 0.315. The number of hydrogen-bond acceptors (Lipinski definition) is 6. The number of aryl methyl sites for hydroxylation is 1. The fourth-order valence-electron chi connectivity index (χ4n) is 1.88. The van der Waals surface area contributed by atoms with E-state index in [9.17, 15) is 0 Å². The third-order valence-corrected chi connectivity index (χ3v) is 4.02. The van der Waals surface area contributed by atoms with Crippen LogP contribution in [0.5, 0.6) is 0 Å². The van der Waals surface area contributed by atoms with E-state index < -0.39 is 0 Å². The van der Waals surface area contributed by atoms with E-state index in [1.54, 1.807) is 0 Å². The molecule has 0 radical (unpaired) electrons. The zero-order valence-electron chi connectivity index (χ0n) is 10.5. The third kappa shape index (κ3) is 3.43. The normalized spacial score (nSPS) is 21.9. The number of nitrogens with zero attached hydrogens (tertiary/aromatic N) is 3. The average Bonchev–Trinajstić information content (AvgIpc) is 2.79. The molecule has 0 aliphatic carbocycles. The summed E-state index contributed by atoms with van der Waals surface area (Å²) in [5.41, 5.74) is 0. The Morgan fingerprint density at radius 2 is 2.47 bits per heavy atom. The number of thioether (sulfide) groups is 1. The van der Waals surface area contributed by atoms with Gasteiger partial charge < -0.3 is 9.84 Å². The summed E-state index contributed by atoms with van der Waals surface area (Å²) in [5.74, 6) is 3.87. The second kappa shape index (κ2) is 6.37. The lowest BCUT2D eigenvalue weighted by atomic mass is 10.2.